The van der Waals surface area contributed by atoms with E-state index in [-0.39, 0.29) is 24.1 Å². The van der Waals surface area contributed by atoms with E-state index in [2.05, 4.69) is 15.3 Å². The summed E-state index contributed by atoms with van der Waals surface area (Å²) in [6.45, 7) is 2.24. The van der Waals surface area contributed by atoms with Gasteiger partial charge in [0.25, 0.3) is 0 Å². The van der Waals surface area contributed by atoms with Crippen LogP contribution in [0.5, 0.6) is 17.2 Å². The lowest BCUT2D eigenvalue weighted by molar-refractivity contribution is -0.111. The Labute approximate surface area is 209 Å². The Morgan fingerprint density at radius 1 is 1.11 bits per heavy atom. The number of carbonyl (C=O) groups is 1. The van der Waals surface area contributed by atoms with Crippen molar-refractivity contribution in [2.45, 2.75) is 13.5 Å². The van der Waals surface area contributed by atoms with E-state index < -0.39 is 0 Å². The van der Waals surface area contributed by atoms with E-state index in [1.54, 1.807) is 18.2 Å². The molecule has 0 saturated heterocycles. The second-order valence-corrected chi connectivity index (χ2v) is 7.61. The lowest BCUT2D eigenvalue weighted by Gasteiger charge is -2.12. The molecule has 0 unspecified atom stereocenters. The molecule has 7 nitrogen and oxygen atoms in total. The van der Waals surface area contributed by atoms with E-state index in [1.807, 2.05) is 61.7 Å². The number of phenolic OH excluding ortho intramolecular Hbond substituents is 1. The Bertz CT molecular complexity index is 1320. The fourth-order valence-corrected chi connectivity index (χ4v) is 3.36. The minimum atomic E-state index is -0.291. The van der Waals surface area contributed by atoms with E-state index >= 15 is 0 Å². The smallest absolute Gasteiger partial charge is 0.248 e. The molecule has 0 radical (unpaired) electrons. The molecule has 3 N–H and O–H groups in total. The number of para-hydroxylation sites is 1. The van der Waals surface area contributed by atoms with Crippen molar-refractivity contribution < 1.29 is 19.4 Å². The number of aromatic amines is 1. The van der Waals surface area contributed by atoms with Crippen LogP contribution in [-0.2, 0) is 11.4 Å². The summed E-state index contributed by atoms with van der Waals surface area (Å²) < 4.78 is 11.0. The Morgan fingerprint density at radius 2 is 1.89 bits per heavy atom. The molecule has 0 aliphatic carbocycles. The molecule has 8 heteroatoms. The molecule has 0 aliphatic rings. The fourth-order valence-electron chi connectivity index (χ4n) is 3.36. The topological polar surface area (TPSA) is 96.5 Å². The molecule has 0 spiro atoms. The molecule has 4 rings (SSSR count). The van der Waals surface area contributed by atoms with Crippen molar-refractivity contribution in [1.82, 2.24) is 9.97 Å². The van der Waals surface area contributed by atoms with Crippen molar-refractivity contribution in [2.75, 3.05) is 12.4 Å². The van der Waals surface area contributed by atoms with Crippen LogP contribution in [0.2, 0.25) is 0 Å². The number of hydrogen-bond acceptors (Lipinski definition) is 5. The Hall–Kier alpha value is -4.23. The maximum Gasteiger partial charge on any atom is 0.248 e. The van der Waals surface area contributed by atoms with E-state index in [4.69, 9.17) is 9.47 Å². The molecular formula is C27H26ClN3O4. The number of nitrogens with zero attached hydrogens (tertiary/aromatic N) is 1. The van der Waals surface area contributed by atoms with Gasteiger partial charge in [0, 0.05) is 29.1 Å². The highest BCUT2D eigenvalue weighted by atomic mass is 35.5. The van der Waals surface area contributed by atoms with Gasteiger partial charge in [0.15, 0.2) is 11.5 Å². The lowest BCUT2D eigenvalue weighted by Crippen LogP contribution is -2.10. The van der Waals surface area contributed by atoms with Crippen molar-refractivity contribution in [3.05, 3.63) is 95.8 Å². The predicted molar refractivity (Wildman–Crippen MR) is 139 cm³/mol. The van der Waals surface area contributed by atoms with Crippen molar-refractivity contribution in [2.24, 2.45) is 0 Å². The third kappa shape index (κ3) is 6.65. The van der Waals surface area contributed by atoms with Gasteiger partial charge in [-0.1, -0.05) is 24.3 Å². The van der Waals surface area contributed by atoms with Gasteiger partial charge in [-0.2, -0.15) is 0 Å². The quantitative estimate of drug-likeness (QED) is 0.273. The van der Waals surface area contributed by atoms with Crippen LogP contribution in [0.4, 0.5) is 5.69 Å². The van der Waals surface area contributed by atoms with Crippen molar-refractivity contribution in [1.29, 1.82) is 0 Å². The van der Waals surface area contributed by atoms with Crippen LogP contribution in [-0.4, -0.2) is 28.1 Å². The molecule has 0 saturated carbocycles. The number of H-pyrrole nitrogens is 1. The first kappa shape index (κ1) is 25.4. The number of phenols is 1. The largest absolute Gasteiger partial charge is 0.504 e. The molecule has 1 aromatic heterocycles. The molecule has 3 aromatic carbocycles. The van der Waals surface area contributed by atoms with Gasteiger partial charge in [0.05, 0.1) is 12.8 Å². The van der Waals surface area contributed by atoms with Crippen LogP contribution in [0.15, 0.2) is 79.0 Å². The summed E-state index contributed by atoms with van der Waals surface area (Å²) in [6, 6.07) is 20.1. The number of aryl methyl sites for hydroxylation is 1. The maximum absolute atomic E-state index is 12.5. The molecule has 0 aliphatic heterocycles. The highest BCUT2D eigenvalue weighted by Crippen LogP contribution is 2.27. The second kappa shape index (κ2) is 11.8. The van der Waals surface area contributed by atoms with Crippen LogP contribution >= 0.6 is 12.4 Å². The molecule has 0 bridgehead atoms. The van der Waals surface area contributed by atoms with Crippen LogP contribution in [0.3, 0.4) is 0 Å². The zero-order chi connectivity index (χ0) is 23.9. The Kier molecular flexibility index (Phi) is 8.53. The summed E-state index contributed by atoms with van der Waals surface area (Å²) in [5.41, 5.74) is 4.10. The van der Waals surface area contributed by atoms with E-state index in [0.29, 0.717) is 29.4 Å². The number of anilines is 1. The molecule has 4 aromatic rings. The minimum Gasteiger partial charge on any atom is -0.504 e. The first-order valence-electron chi connectivity index (χ1n) is 10.7. The summed E-state index contributed by atoms with van der Waals surface area (Å²) in [7, 11) is 1.48. The highest BCUT2D eigenvalue weighted by Gasteiger charge is 2.07. The Morgan fingerprint density at radius 3 is 2.57 bits per heavy atom. The average molecular weight is 492 g/mol. The molecular weight excluding hydrogens is 466 g/mol. The normalized spacial score (nSPS) is 10.6. The highest BCUT2D eigenvalue weighted by molar-refractivity contribution is 6.02. The maximum atomic E-state index is 12.5. The summed E-state index contributed by atoms with van der Waals surface area (Å²) in [5.74, 6) is 1.63. The van der Waals surface area contributed by atoms with Gasteiger partial charge in [0.1, 0.15) is 18.2 Å². The zero-order valence-electron chi connectivity index (χ0n) is 19.3. The van der Waals surface area contributed by atoms with Crippen LogP contribution in [0, 0.1) is 6.92 Å². The summed E-state index contributed by atoms with van der Waals surface area (Å²) in [6.07, 6.45) is 4.89. The minimum absolute atomic E-state index is 0. The molecule has 35 heavy (non-hydrogen) atoms. The van der Waals surface area contributed by atoms with Crippen LogP contribution in [0.25, 0.3) is 17.5 Å². The number of aromatic nitrogens is 2. The number of halogens is 1. The summed E-state index contributed by atoms with van der Waals surface area (Å²) in [4.78, 5) is 20.0. The number of rotatable bonds is 8. The first-order valence-corrected chi connectivity index (χ1v) is 10.7. The molecule has 1 heterocycles. The number of imidazole rings is 1. The number of methoxy groups -OCH3 is 1. The monoisotopic (exact) mass is 491 g/mol. The van der Waals surface area contributed by atoms with Gasteiger partial charge < -0.3 is 24.9 Å². The summed E-state index contributed by atoms with van der Waals surface area (Å²) >= 11 is 0. The standard InChI is InChI=1S/C27H25N3O4.ClH/c1-18-16-28-27(29-18)20-9-11-22(12-10-20)34-17-21-5-3-4-6-23(21)30-26(32)14-8-19-7-13-25(33-2)24(31)15-19;/h3-16,31H,17H2,1-2H3,(H,28,29)(H,30,32);1H/b14-8+;. The number of aromatic hydroxyl groups is 1. The SMILES string of the molecule is COc1ccc(/C=C/C(=O)Nc2ccccc2COc2ccc(-c3nc(C)c[nH]3)cc2)cc1O.Cl. The number of ether oxygens (including phenoxy) is 2. The molecule has 1 amide bonds. The number of amides is 1. The van der Waals surface area contributed by atoms with Gasteiger partial charge in [-0.3, -0.25) is 4.79 Å². The molecule has 180 valence electrons. The van der Waals surface area contributed by atoms with Crippen molar-refractivity contribution in [3.63, 3.8) is 0 Å². The van der Waals surface area contributed by atoms with Crippen molar-refractivity contribution >= 4 is 30.1 Å². The van der Waals surface area contributed by atoms with Crippen molar-refractivity contribution in [3.8, 4) is 28.6 Å². The number of hydrogen-bond donors (Lipinski definition) is 3. The third-order valence-corrected chi connectivity index (χ3v) is 5.13. The molecule has 0 atom stereocenters. The average Bonchev–Trinajstić information content (AvgIpc) is 3.29. The predicted octanol–water partition coefficient (Wildman–Crippen LogP) is 5.75. The number of nitrogens with one attached hydrogen (secondary N) is 2. The van der Waals surface area contributed by atoms with Gasteiger partial charge in [-0.15, -0.1) is 12.4 Å². The lowest BCUT2D eigenvalue weighted by atomic mass is 10.1. The molecule has 0 fully saturated rings. The van der Waals surface area contributed by atoms with E-state index in [0.717, 1.165) is 22.6 Å². The van der Waals surface area contributed by atoms with Gasteiger partial charge in [-0.05, 0) is 61.0 Å². The first-order chi connectivity index (χ1) is 16.5. The van der Waals surface area contributed by atoms with E-state index in [1.165, 1.54) is 19.3 Å². The fraction of sp³-hybridized carbons (Fsp3) is 0.111. The third-order valence-electron chi connectivity index (χ3n) is 5.13. The van der Waals surface area contributed by atoms with Crippen LogP contribution in [0.1, 0.15) is 16.8 Å². The zero-order valence-corrected chi connectivity index (χ0v) is 20.1. The van der Waals surface area contributed by atoms with Gasteiger partial charge in [-0.25, -0.2) is 4.98 Å². The number of carbonyl (C=O) groups excluding carboxylic acids is 1. The van der Waals surface area contributed by atoms with E-state index in [9.17, 15) is 9.90 Å². The summed E-state index contributed by atoms with van der Waals surface area (Å²) in [5, 5.41) is 12.8. The second-order valence-electron chi connectivity index (χ2n) is 7.61. The Balaban J connectivity index is 0.00000342. The number of benzene rings is 3. The van der Waals surface area contributed by atoms with Gasteiger partial charge in [0.2, 0.25) is 5.91 Å². The van der Waals surface area contributed by atoms with Crippen LogP contribution < -0.4 is 14.8 Å². The van der Waals surface area contributed by atoms with Gasteiger partial charge >= 0.3 is 0 Å².